The van der Waals surface area contributed by atoms with E-state index in [2.05, 4.69) is 0 Å². The summed E-state index contributed by atoms with van der Waals surface area (Å²) in [6.45, 7) is 0.366. The first-order chi connectivity index (χ1) is 6.43. The topological polar surface area (TPSA) is 57.6 Å². The van der Waals surface area contributed by atoms with Gasteiger partial charge in [-0.2, -0.15) is 8.78 Å². The average Bonchev–Trinajstić information content (AvgIpc) is 2.47. The molecule has 1 rings (SSSR count). The third kappa shape index (κ3) is 2.27. The number of halogens is 2. The minimum absolute atomic E-state index is 0.221. The third-order valence-corrected chi connectivity index (χ3v) is 1.86. The van der Waals surface area contributed by atoms with Gasteiger partial charge >= 0.3 is 11.9 Å². The van der Waals surface area contributed by atoms with Gasteiger partial charge in [-0.25, -0.2) is 4.79 Å². The van der Waals surface area contributed by atoms with Crippen LogP contribution in [0.4, 0.5) is 8.78 Å². The molecule has 0 saturated carbocycles. The molecular weight excluding hydrogens is 196 g/mol. The van der Waals surface area contributed by atoms with Gasteiger partial charge in [0.25, 0.3) is 0 Å². The highest BCUT2D eigenvalue weighted by atomic mass is 19.3. The van der Waals surface area contributed by atoms with Gasteiger partial charge in [-0.15, -0.1) is 0 Å². The van der Waals surface area contributed by atoms with E-state index in [1.54, 1.807) is 0 Å². The van der Waals surface area contributed by atoms with Crippen LogP contribution in [0.1, 0.15) is 12.8 Å². The Hall–Kier alpha value is -1.46. The van der Waals surface area contributed by atoms with Crippen molar-refractivity contribution in [2.24, 2.45) is 0 Å². The fraction of sp³-hybridized carbons (Fsp3) is 0.500. The molecule has 0 aromatic carbocycles. The van der Waals surface area contributed by atoms with Gasteiger partial charge in [0.1, 0.15) is 0 Å². The van der Waals surface area contributed by atoms with Crippen LogP contribution in [0.2, 0.25) is 0 Å². The van der Waals surface area contributed by atoms with Crippen LogP contribution in [0.3, 0.4) is 0 Å². The van der Waals surface area contributed by atoms with Gasteiger partial charge < -0.3 is 10.0 Å². The van der Waals surface area contributed by atoms with Crippen LogP contribution < -0.4 is 0 Å². The Morgan fingerprint density at radius 1 is 1.57 bits per heavy atom. The molecule has 1 amide bonds. The Kier molecular flexibility index (Phi) is 2.83. The minimum atomic E-state index is -3.91. The zero-order valence-corrected chi connectivity index (χ0v) is 7.24. The predicted octanol–water partition coefficient (Wildman–Crippen LogP) is 0.842. The summed E-state index contributed by atoms with van der Waals surface area (Å²) < 4.78 is 25.0. The lowest BCUT2D eigenvalue weighted by molar-refractivity contribution is -0.158. The van der Waals surface area contributed by atoms with Crippen molar-refractivity contribution in [3.05, 3.63) is 12.3 Å². The number of carbonyl (C=O) groups is 2. The molecule has 1 aliphatic rings. The molecule has 14 heavy (non-hydrogen) atoms. The summed E-state index contributed by atoms with van der Waals surface area (Å²) in [5, 5.41) is 8.08. The van der Waals surface area contributed by atoms with E-state index < -0.39 is 11.9 Å². The molecule has 1 saturated heterocycles. The molecule has 1 N–H and O–H groups in total. The van der Waals surface area contributed by atoms with Gasteiger partial charge in [-0.3, -0.25) is 4.79 Å². The zero-order valence-electron chi connectivity index (χ0n) is 7.24. The summed E-state index contributed by atoms with van der Waals surface area (Å²) >= 11 is 0. The fourth-order valence-corrected chi connectivity index (χ4v) is 1.08. The smallest absolute Gasteiger partial charge is 0.378 e. The standard InChI is InChI=1S/C8H9F2NO3/c9-8(10,7(13)14)3-5-11-4-1-2-6(11)12/h3,5H,1-2,4H2,(H,13,14)/b5-3+. The van der Waals surface area contributed by atoms with Crippen LogP contribution in [-0.4, -0.2) is 34.4 Å². The molecule has 0 spiro atoms. The van der Waals surface area contributed by atoms with E-state index in [9.17, 15) is 18.4 Å². The Labute approximate surface area is 78.8 Å². The molecule has 1 fully saturated rings. The number of hydrogen-bond donors (Lipinski definition) is 1. The maximum Gasteiger partial charge on any atom is 0.378 e. The van der Waals surface area contributed by atoms with Crippen molar-refractivity contribution in [1.82, 2.24) is 4.90 Å². The van der Waals surface area contributed by atoms with Gasteiger partial charge in [0.2, 0.25) is 5.91 Å². The van der Waals surface area contributed by atoms with E-state index in [0.717, 1.165) is 11.1 Å². The van der Waals surface area contributed by atoms with Gasteiger partial charge in [-0.05, 0) is 6.42 Å². The third-order valence-electron chi connectivity index (χ3n) is 1.86. The van der Waals surface area contributed by atoms with Gasteiger partial charge in [0, 0.05) is 25.2 Å². The fourth-order valence-electron chi connectivity index (χ4n) is 1.08. The number of likely N-dealkylation sites (tertiary alicyclic amines) is 1. The molecule has 0 radical (unpaired) electrons. The Balaban J connectivity index is 2.63. The summed E-state index contributed by atoms with van der Waals surface area (Å²) in [5.41, 5.74) is 0. The summed E-state index contributed by atoms with van der Waals surface area (Å²) in [6.07, 6.45) is 1.99. The summed E-state index contributed by atoms with van der Waals surface area (Å²) in [6, 6.07) is 0. The highest BCUT2D eigenvalue weighted by Crippen LogP contribution is 2.17. The van der Waals surface area contributed by atoms with E-state index >= 15 is 0 Å². The van der Waals surface area contributed by atoms with Crippen molar-refractivity contribution in [1.29, 1.82) is 0 Å². The van der Waals surface area contributed by atoms with Crippen molar-refractivity contribution < 1.29 is 23.5 Å². The van der Waals surface area contributed by atoms with Crippen LogP contribution >= 0.6 is 0 Å². The lowest BCUT2D eigenvalue weighted by Crippen LogP contribution is -2.27. The van der Waals surface area contributed by atoms with E-state index in [4.69, 9.17) is 5.11 Å². The maximum absolute atomic E-state index is 12.5. The molecule has 6 heteroatoms. The molecule has 1 heterocycles. The van der Waals surface area contributed by atoms with Gasteiger partial charge in [0.15, 0.2) is 0 Å². The maximum atomic E-state index is 12.5. The first-order valence-electron chi connectivity index (χ1n) is 4.03. The molecule has 0 aromatic heterocycles. The lowest BCUT2D eigenvalue weighted by Gasteiger charge is -2.10. The van der Waals surface area contributed by atoms with E-state index in [1.165, 1.54) is 0 Å². The molecule has 0 bridgehead atoms. The second kappa shape index (κ2) is 3.73. The number of nitrogens with zero attached hydrogens (tertiary/aromatic N) is 1. The van der Waals surface area contributed by atoms with Crippen LogP contribution in [0.5, 0.6) is 0 Å². The Bertz CT molecular complexity index is 288. The lowest BCUT2D eigenvalue weighted by atomic mass is 10.3. The Morgan fingerprint density at radius 3 is 2.64 bits per heavy atom. The normalized spacial score (nSPS) is 18.1. The number of carboxylic acids is 1. The highest BCUT2D eigenvalue weighted by Gasteiger charge is 2.36. The second-order valence-corrected chi connectivity index (χ2v) is 2.93. The molecular formula is C8H9F2NO3. The van der Waals surface area contributed by atoms with Crippen molar-refractivity contribution >= 4 is 11.9 Å². The number of carboxylic acid groups (broad SMARTS) is 1. The van der Waals surface area contributed by atoms with Crippen LogP contribution in [-0.2, 0) is 9.59 Å². The SMILES string of the molecule is O=C1CCCN1/C=C/C(F)(F)C(=O)O. The predicted molar refractivity (Wildman–Crippen MR) is 42.7 cm³/mol. The first kappa shape index (κ1) is 10.6. The average molecular weight is 205 g/mol. The molecule has 1 aliphatic heterocycles. The molecule has 0 aliphatic carbocycles. The molecule has 0 atom stereocenters. The molecule has 0 aromatic rings. The minimum Gasteiger partial charge on any atom is -0.477 e. The number of amides is 1. The van der Waals surface area contributed by atoms with Crippen molar-refractivity contribution in [2.75, 3.05) is 6.54 Å². The van der Waals surface area contributed by atoms with Gasteiger partial charge in [0.05, 0.1) is 0 Å². The van der Waals surface area contributed by atoms with E-state index in [1.807, 2.05) is 0 Å². The second-order valence-electron chi connectivity index (χ2n) is 2.93. The Morgan fingerprint density at radius 2 is 2.21 bits per heavy atom. The van der Waals surface area contributed by atoms with E-state index in [-0.39, 0.29) is 12.0 Å². The van der Waals surface area contributed by atoms with Crippen LogP contribution in [0, 0.1) is 0 Å². The number of alkyl halides is 2. The highest BCUT2D eigenvalue weighted by molar-refractivity contribution is 5.80. The quantitative estimate of drug-likeness (QED) is 0.742. The van der Waals surface area contributed by atoms with Crippen molar-refractivity contribution in [3.63, 3.8) is 0 Å². The zero-order chi connectivity index (χ0) is 10.8. The van der Waals surface area contributed by atoms with E-state index in [0.29, 0.717) is 19.4 Å². The monoisotopic (exact) mass is 205 g/mol. The molecule has 0 unspecified atom stereocenters. The number of rotatable bonds is 3. The van der Waals surface area contributed by atoms with Crippen molar-refractivity contribution in [2.45, 2.75) is 18.8 Å². The van der Waals surface area contributed by atoms with Crippen LogP contribution in [0.15, 0.2) is 12.3 Å². The van der Waals surface area contributed by atoms with Crippen molar-refractivity contribution in [3.8, 4) is 0 Å². The summed E-state index contributed by atoms with van der Waals surface area (Å²) in [4.78, 5) is 22.0. The van der Waals surface area contributed by atoms with Crippen LogP contribution in [0.25, 0.3) is 0 Å². The summed E-state index contributed by atoms with van der Waals surface area (Å²) in [7, 11) is 0. The number of carbonyl (C=O) groups excluding carboxylic acids is 1. The largest absolute Gasteiger partial charge is 0.477 e. The number of hydrogen-bond acceptors (Lipinski definition) is 2. The molecule has 4 nitrogen and oxygen atoms in total. The number of aliphatic carboxylic acids is 1. The first-order valence-corrected chi connectivity index (χ1v) is 4.03. The molecule has 78 valence electrons. The van der Waals surface area contributed by atoms with Gasteiger partial charge in [-0.1, -0.05) is 0 Å². The summed E-state index contributed by atoms with van der Waals surface area (Å²) in [5.74, 6) is -6.40.